The van der Waals surface area contributed by atoms with Crippen LogP contribution in [0.25, 0.3) is 11.0 Å². The molecule has 0 saturated heterocycles. The lowest BCUT2D eigenvalue weighted by Crippen LogP contribution is -2.10. The van der Waals surface area contributed by atoms with Crippen LogP contribution in [0, 0.1) is 20.8 Å². The van der Waals surface area contributed by atoms with Crippen molar-refractivity contribution in [3.8, 4) is 5.75 Å². The lowest BCUT2D eigenvalue weighted by Gasteiger charge is -2.11. The van der Waals surface area contributed by atoms with Crippen molar-refractivity contribution < 1.29 is 4.74 Å². The van der Waals surface area contributed by atoms with Crippen molar-refractivity contribution in [3.63, 3.8) is 0 Å². The van der Waals surface area contributed by atoms with Gasteiger partial charge in [-0.1, -0.05) is 12.1 Å². The molecule has 0 fully saturated rings. The van der Waals surface area contributed by atoms with Gasteiger partial charge < -0.3 is 15.0 Å². The normalized spacial score (nSPS) is 11.2. The molecule has 0 aliphatic carbocycles. The molecule has 1 aromatic heterocycles. The number of fused-ring (bicyclic) bond motifs is 1. The van der Waals surface area contributed by atoms with Crippen molar-refractivity contribution in [1.82, 2.24) is 9.55 Å². The average molecular weight is 351 g/mol. The fourth-order valence-electron chi connectivity index (χ4n) is 3.25. The van der Waals surface area contributed by atoms with E-state index in [1.807, 2.05) is 12.1 Å². The summed E-state index contributed by atoms with van der Waals surface area (Å²) >= 11 is 0. The van der Waals surface area contributed by atoms with Crippen LogP contribution < -0.4 is 10.5 Å². The predicted molar refractivity (Wildman–Crippen MR) is 108 cm³/mol. The second-order valence-corrected chi connectivity index (χ2v) is 7.02. The molecule has 3 aromatic rings. The summed E-state index contributed by atoms with van der Waals surface area (Å²) in [5, 5.41) is 0. The first-order chi connectivity index (χ1) is 12.6. The lowest BCUT2D eigenvalue weighted by atomic mass is 10.1. The van der Waals surface area contributed by atoms with Crippen LogP contribution in [0.1, 0.15) is 35.4 Å². The van der Waals surface area contributed by atoms with Gasteiger partial charge in [0, 0.05) is 13.0 Å². The summed E-state index contributed by atoms with van der Waals surface area (Å²) in [5.74, 6) is 2.07. The van der Waals surface area contributed by atoms with Crippen LogP contribution in [0.15, 0.2) is 36.4 Å². The molecule has 0 saturated carbocycles. The minimum Gasteiger partial charge on any atom is -0.494 e. The van der Waals surface area contributed by atoms with Crippen molar-refractivity contribution in [2.45, 2.75) is 46.6 Å². The Kier molecular flexibility index (Phi) is 5.94. The fourth-order valence-corrected chi connectivity index (χ4v) is 3.25. The third-order valence-corrected chi connectivity index (χ3v) is 4.83. The minimum atomic E-state index is 0.692. The number of nitrogens with zero attached hydrogens (tertiary/aromatic N) is 2. The first-order valence-electron chi connectivity index (χ1n) is 9.44. The quantitative estimate of drug-likeness (QED) is 0.615. The molecule has 2 N–H and O–H groups in total. The zero-order chi connectivity index (χ0) is 18.5. The van der Waals surface area contributed by atoms with Crippen LogP contribution in [-0.2, 0) is 13.0 Å². The number of rotatable bonds is 8. The van der Waals surface area contributed by atoms with Gasteiger partial charge in [0.2, 0.25) is 0 Å². The zero-order valence-corrected chi connectivity index (χ0v) is 16.1. The smallest absolute Gasteiger partial charge is 0.119 e. The Morgan fingerprint density at radius 1 is 1.04 bits per heavy atom. The van der Waals surface area contributed by atoms with Crippen molar-refractivity contribution in [2.75, 3.05) is 13.2 Å². The molecule has 0 bridgehead atoms. The Hall–Kier alpha value is -2.33. The highest BCUT2D eigenvalue weighted by atomic mass is 16.5. The van der Waals surface area contributed by atoms with E-state index in [2.05, 4.69) is 49.6 Å². The molecule has 4 heteroatoms. The van der Waals surface area contributed by atoms with Gasteiger partial charge in [-0.15, -0.1) is 0 Å². The number of aryl methyl sites for hydroxylation is 5. The van der Waals surface area contributed by atoms with E-state index in [0.717, 1.165) is 42.9 Å². The number of benzene rings is 2. The van der Waals surface area contributed by atoms with Crippen LogP contribution in [0.2, 0.25) is 0 Å². The number of aromatic nitrogens is 2. The van der Waals surface area contributed by atoms with E-state index in [1.54, 1.807) is 0 Å². The summed E-state index contributed by atoms with van der Waals surface area (Å²) in [4.78, 5) is 4.87. The van der Waals surface area contributed by atoms with E-state index in [0.29, 0.717) is 13.2 Å². The van der Waals surface area contributed by atoms with Gasteiger partial charge in [0.05, 0.1) is 17.6 Å². The van der Waals surface area contributed by atoms with Crippen LogP contribution in [0.4, 0.5) is 0 Å². The van der Waals surface area contributed by atoms with Crippen molar-refractivity contribution in [3.05, 3.63) is 58.9 Å². The maximum atomic E-state index is 5.91. The van der Waals surface area contributed by atoms with E-state index < -0.39 is 0 Å². The summed E-state index contributed by atoms with van der Waals surface area (Å²) in [5.41, 5.74) is 11.8. The van der Waals surface area contributed by atoms with Gasteiger partial charge in [0.15, 0.2) is 0 Å². The highest BCUT2D eigenvalue weighted by molar-refractivity contribution is 5.78. The van der Waals surface area contributed by atoms with Crippen LogP contribution in [0.5, 0.6) is 5.75 Å². The van der Waals surface area contributed by atoms with Crippen LogP contribution >= 0.6 is 0 Å². The molecule has 0 radical (unpaired) electrons. The van der Waals surface area contributed by atoms with Crippen LogP contribution in [0.3, 0.4) is 0 Å². The third kappa shape index (κ3) is 4.25. The summed E-state index contributed by atoms with van der Waals surface area (Å²) in [7, 11) is 0. The number of hydrogen-bond acceptors (Lipinski definition) is 3. The van der Waals surface area contributed by atoms with Gasteiger partial charge >= 0.3 is 0 Å². The Morgan fingerprint density at radius 2 is 1.85 bits per heavy atom. The average Bonchev–Trinajstić information content (AvgIpc) is 2.94. The molecule has 2 aromatic carbocycles. The molecule has 0 unspecified atom stereocenters. The molecular weight excluding hydrogens is 322 g/mol. The maximum absolute atomic E-state index is 5.91. The molecule has 1 heterocycles. The largest absolute Gasteiger partial charge is 0.494 e. The van der Waals surface area contributed by atoms with E-state index in [4.69, 9.17) is 15.5 Å². The molecule has 4 nitrogen and oxygen atoms in total. The first-order valence-corrected chi connectivity index (χ1v) is 9.44. The SMILES string of the molecule is Cc1cccc(OCCCn2c(CCCN)nc3cc(C)c(C)cc32)c1. The molecule has 0 spiro atoms. The summed E-state index contributed by atoms with van der Waals surface area (Å²) in [6.07, 6.45) is 2.82. The Morgan fingerprint density at radius 3 is 2.62 bits per heavy atom. The molecule has 0 aliphatic rings. The summed E-state index contributed by atoms with van der Waals surface area (Å²) in [6.45, 7) is 8.68. The van der Waals surface area contributed by atoms with Gasteiger partial charge in [-0.05, 0) is 81.1 Å². The molecule has 3 rings (SSSR count). The number of hydrogen-bond donors (Lipinski definition) is 1. The highest BCUT2D eigenvalue weighted by Crippen LogP contribution is 2.22. The minimum absolute atomic E-state index is 0.692. The number of nitrogens with two attached hydrogens (primary N) is 1. The number of ether oxygens (including phenoxy) is 1. The van der Waals surface area contributed by atoms with Gasteiger partial charge in [-0.25, -0.2) is 4.98 Å². The van der Waals surface area contributed by atoms with E-state index >= 15 is 0 Å². The van der Waals surface area contributed by atoms with E-state index in [1.165, 1.54) is 22.2 Å². The van der Waals surface area contributed by atoms with Crippen molar-refractivity contribution in [1.29, 1.82) is 0 Å². The monoisotopic (exact) mass is 351 g/mol. The van der Waals surface area contributed by atoms with Crippen molar-refractivity contribution >= 4 is 11.0 Å². The molecule has 26 heavy (non-hydrogen) atoms. The topological polar surface area (TPSA) is 53.1 Å². The van der Waals surface area contributed by atoms with Gasteiger partial charge in [0.1, 0.15) is 11.6 Å². The van der Waals surface area contributed by atoms with E-state index in [9.17, 15) is 0 Å². The summed E-state index contributed by atoms with van der Waals surface area (Å²) < 4.78 is 8.25. The third-order valence-electron chi connectivity index (χ3n) is 4.83. The second-order valence-electron chi connectivity index (χ2n) is 7.02. The van der Waals surface area contributed by atoms with Gasteiger partial charge in [-0.3, -0.25) is 0 Å². The molecule has 138 valence electrons. The zero-order valence-electron chi connectivity index (χ0n) is 16.1. The first kappa shape index (κ1) is 18.5. The van der Waals surface area contributed by atoms with E-state index in [-0.39, 0.29) is 0 Å². The van der Waals surface area contributed by atoms with Gasteiger partial charge in [-0.2, -0.15) is 0 Å². The van der Waals surface area contributed by atoms with Crippen molar-refractivity contribution in [2.24, 2.45) is 5.73 Å². The highest BCUT2D eigenvalue weighted by Gasteiger charge is 2.11. The van der Waals surface area contributed by atoms with Gasteiger partial charge in [0.25, 0.3) is 0 Å². The maximum Gasteiger partial charge on any atom is 0.119 e. The Bertz CT molecular complexity index is 882. The fraction of sp³-hybridized carbons (Fsp3) is 0.409. The molecule has 0 atom stereocenters. The molecule has 0 amide bonds. The standard InChI is InChI=1S/C22H29N3O/c1-16-7-4-8-19(13-16)26-12-6-11-25-21-15-18(3)17(2)14-20(21)24-22(25)9-5-10-23/h4,7-8,13-15H,5-6,9-12,23H2,1-3H3. The Balaban J connectivity index is 1.73. The molecule has 0 aliphatic heterocycles. The number of imidazole rings is 1. The van der Waals surface area contributed by atoms with Crippen LogP contribution in [-0.4, -0.2) is 22.7 Å². The lowest BCUT2D eigenvalue weighted by molar-refractivity contribution is 0.301. The predicted octanol–water partition coefficient (Wildman–Crippen LogP) is 4.32. The Labute approximate surface area is 156 Å². The second kappa shape index (κ2) is 8.37. The summed E-state index contributed by atoms with van der Waals surface area (Å²) in [6, 6.07) is 12.6. The molecular formula is C22H29N3O.